The van der Waals surface area contributed by atoms with E-state index >= 15 is 0 Å². The van der Waals surface area contributed by atoms with Gasteiger partial charge >= 0.3 is 0 Å². The Morgan fingerprint density at radius 1 is 0.661 bits per heavy atom. The SMILES string of the molecule is CC(C)(C)c1ccc(-n2c(-c3[c-]ccc4c3sc3ccccc34)nc3c4ccccc4ccc32)c(-c2ccccc2)c1.C[Si](C)(C)c1ccc(-c2[c-]cccc2)nc1.[Ir]. The number of imidazole rings is 1. The summed E-state index contributed by atoms with van der Waals surface area (Å²) in [7, 11) is -1.23. The molecule has 293 valence electrons. The Labute approximate surface area is 365 Å². The van der Waals surface area contributed by atoms with Crippen LogP contribution in [0.15, 0.2) is 164 Å². The average molecular weight is 976 g/mol. The summed E-state index contributed by atoms with van der Waals surface area (Å²) in [4.78, 5) is 9.97. The summed E-state index contributed by atoms with van der Waals surface area (Å²) in [6, 6.07) is 62.6. The van der Waals surface area contributed by atoms with E-state index in [4.69, 9.17) is 4.98 Å². The molecular formula is C53H45IrN3SSi-2. The number of nitrogens with zero attached hydrogens (tertiary/aromatic N) is 3. The van der Waals surface area contributed by atoms with Crippen LogP contribution in [-0.4, -0.2) is 22.6 Å². The standard InChI is InChI=1S/C39H29N2S.C14H16NSi.Ir/c1-39(2,3)27-21-23-33(32(24-27)25-12-5-4-6-13-25)41-34-22-20-26-14-7-8-15-28(26)36(34)40-38(41)31-18-11-17-30-29-16-9-10-19-35(29)42-37(30)31;1-16(2,3)13-9-10-14(15-11-13)12-7-5-4-6-8-12;/h4-17,19-24H,1-3H3;4-7,9-11H,1-3H3;/q2*-1;. The summed E-state index contributed by atoms with van der Waals surface area (Å²) < 4.78 is 4.86. The molecule has 0 aliphatic heterocycles. The van der Waals surface area contributed by atoms with Gasteiger partial charge in [-0.25, -0.2) is 0 Å². The van der Waals surface area contributed by atoms with Gasteiger partial charge in [0.25, 0.3) is 0 Å². The van der Waals surface area contributed by atoms with Crippen molar-refractivity contribution in [3.63, 3.8) is 0 Å². The quantitative estimate of drug-likeness (QED) is 0.127. The van der Waals surface area contributed by atoms with Crippen molar-refractivity contribution in [1.29, 1.82) is 0 Å². The summed E-state index contributed by atoms with van der Waals surface area (Å²) in [5.74, 6) is 0.916. The molecule has 0 spiro atoms. The third-order valence-corrected chi connectivity index (χ3v) is 14.1. The van der Waals surface area contributed by atoms with E-state index in [2.05, 4.69) is 196 Å². The van der Waals surface area contributed by atoms with Crippen molar-refractivity contribution in [3.8, 4) is 39.5 Å². The number of thiophene rings is 1. The molecule has 6 heteroatoms. The minimum Gasteiger partial charge on any atom is -0.333 e. The first-order valence-electron chi connectivity index (χ1n) is 19.9. The number of rotatable bonds is 5. The smallest absolute Gasteiger partial charge is 0.0852 e. The topological polar surface area (TPSA) is 30.7 Å². The number of hydrogen-bond acceptors (Lipinski definition) is 3. The first-order valence-corrected chi connectivity index (χ1v) is 24.2. The van der Waals surface area contributed by atoms with E-state index < -0.39 is 8.07 Å². The molecule has 7 aromatic carbocycles. The van der Waals surface area contributed by atoms with Gasteiger partial charge in [0.15, 0.2) is 0 Å². The third kappa shape index (κ3) is 7.86. The molecule has 10 rings (SSSR count). The van der Waals surface area contributed by atoms with Crippen molar-refractivity contribution in [1.82, 2.24) is 14.5 Å². The van der Waals surface area contributed by atoms with Crippen LogP contribution in [-0.2, 0) is 25.5 Å². The summed E-state index contributed by atoms with van der Waals surface area (Å²) in [5, 5.41) is 6.27. The fourth-order valence-electron chi connectivity index (χ4n) is 7.68. The summed E-state index contributed by atoms with van der Waals surface area (Å²) >= 11 is 1.82. The van der Waals surface area contributed by atoms with E-state index in [1.165, 1.54) is 47.4 Å². The van der Waals surface area contributed by atoms with Gasteiger partial charge < -0.3 is 9.55 Å². The number of fused-ring (bicyclic) bond motifs is 6. The largest absolute Gasteiger partial charge is 0.333 e. The van der Waals surface area contributed by atoms with Crippen molar-refractivity contribution < 1.29 is 20.1 Å². The van der Waals surface area contributed by atoms with Gasteiger partial charge in [0.05, 0.1) is 24.9 Å². The number of pyridine rings is 1. The number of aromatic nitrogens is 3. The Balaban J connectivity index is 0.000000240. The van der Waals surface area contributed by atoms with Crippen LogP contribution in [0.3, 0.4) is 0 Å². The van der Waals surface area contributed by atoms with Gasteiger partial charge in [0, 0.05) is 47.6 Å². The van der Waals surface area contributed by atoms with Crippen molar-refractivity contribution in [2.75, 3.05) is 0 Å². The second-order valence-corrected chi connectivity index (χ2v) is 23.1. The van der Waals surface area contributed by atoms with E-state index in [9.17, 15) is 0 Å². The molecule has 0 fully saturated rings. The van der Waals surface area contributed by atoms with Crippen molar-refractivity contribution >= 4 is 66.6 Å². The summed E-state index contributed by atoms with van der Waals surface area (Å²) in [5.41, 5.74) is 10.0. The number of hydrogen-bond donors (Lipinski definition) is 0. The second kappa shape index (κ2) is 16.3. The zero-order chi connectivity index (χ0) is 40.0. The molecular weight excluding hydrogens is 931 g/mol. The fourth-order valence-corrected chi connectivity index (χ4v) is 9.91. The molecule has 0 unspecified atom stereocenters. The van der Waals surface area contributed by atoms with Crippen LogP contribution in [0, 0.1) is 12.1 Å². The first-order chi connectivity index (χ1) is 28.0. The average Bonchev–Trinajstić information content (AvgIpc) is 3.83. The van der Waals surface area contributed by atoms with Crippen molar-refractivity contribution in [2.24, 2.45) is 0 Å². The third-order valence-electron chi connectivity index (χ3n) is 10.9. The Bertz CT molecular complexity index is 3070. The molecule has 0 saturated heterocycles. The normalized spacial score (nSPS) is 11.8. The van der Waals surface area contributed by atoms with Crippen LogP contribution < -0.4 is 5.19 Å². The second-order valence-electron chi connectivity index (χ2n) is 16.9. The molecule has 0 aliphatic rings. The van der Waals surface area contributed by atoms with Crippen molar-refractivity contribution in [3.05, 3.63) is 182 Å². The van der Waals surface area contributed by atoms with E-state index in [1.807, 2.05) is 41.8 Å². The van der Waals surface area contributed by atoms with Crippen molar-refractivity contribution in [2.45, 2.75) is 45.8 Å². The molecule has 0 N–H and O–H groups in total. The zero-order valence-corrected chi connectivity index (χ0v) is 38.4. The monoisotopic (exact) mass is 976 g/mol. The minimum atomic E-state index is -1.23. The van der Waals surface area contributed by atoms with Gasteiger partial charge in [-0.05, 0) is 67.2 Å². The van der Waals surface area contributed by atoms with Gasteiger partial charge in [-0.1, -0.05) is 148 Å². The van der Waals surface area contributed by atoms with E-state index in [0.717, 1.165) is 44.8 Å². The zero-order valence-electron chi connectivity index (χ0n) is 34.2. The van der Waals surface area contributed by atoms with Crippen LogP contribution >= 0.6 is 11.3 Å². The molecule has 0 saturated carbocycles. The maximum absolute atomic E-state index is 5.45. The molecule has 10 aromatic rings. The van der Waals surface area contributed by atoms with Crippen LogP contribution in [0.1, 0.15) is 26.3 Å². The number of benzene rings is 7. The Kier molecular flexibility index (Phi) is 11.1. The van der Waals surface area contributed by atoms with E-state index in [-0.39, 0.29) is 25.5 Å². The molecule has 0 aliphatic carbocycles. The predicted molar refractivity (Wildman–Crippen MR) is 251 cm³/mol. The molecule has 3 aromatic heterocycles. The summed E-state index contributed by atoms with van der Waals surface area (Å²) in [6.07, 6.45) is 2.02. The van der Waals surface area contributed by atoms with E-state index in [1.54, 1.807) is 0 Å². The molecule has 0 amide bonds. The maximum atomic E-state index is 5.45. The summed E-state index contributed by atoms with van der Waals surface area (Å²) in [6.45, 7) is 13.8. The van der Waals surface area contributed by atoms with Crippen LogP contribution in [0.25, 0.3) is 81.4 Å². The van der Waals surface area contributed by atoms with Crippen LogP contribution in [0.2, 0.25) is 19.6 Å². The van der Waals surface area contributed by atoms with Gasteiger partial charge in [-0.15, -0.1) is 54.1 Å². The van der Waals surface area contributed by atoms with Crippen LogP contribution in [0.4, 0.5) is 0 Å². The predicted octanol–water partition coefficient (Wildman–Crippen LogP) is 14.1. The molecule has 3 heterocycles. The minimum absolute atomic E-state index is 0. The van der Waals surface area contributed by atoms with Gasteiger partial charge in [-0.2, -0.15) is 11.3 Å². The Morgan fingerprint density at radius 2 is 1.41 bits per heavy atom. The van der Waals surface area contributed by atoms with Gasteiger partial charge in [-0.3, -0.25) is 4.98 Å². The fraction of sp³-hybridized carbons (Fsp3) is 0.132. The van der Waals surface area contributed by atoms with Gasteiger partial charge in [0.2, 0.25) is 0 Å². The maximum Gasteiger partial charge on any atom is 0.0852 e. The Hall–Kier alpha value is -5.49. The Morgan fingerprint density at radius 3 is 2.14 bits per heavy atom. The van der Waals surface area contributed by atoms with Crippen LogP contribution in [0.5, 0.6) is 0 Å². The molecule has 59 heavy (non-hydrogen) atoms. The molecule has 0 atom stereocenters. The molecule has 3 nitrogen and oxygen atoms in total. The first kappa shape index (κ1) is 40.3. The molecule has 0 bridgehead atoms. The molecule has 1 radical (unpaired) electrons. The van der Waals surface area contributed by atoms with Gasteiger partial charge in [0.1, 0.15) is 0 Å². The van der Waals surface area contributed by atoms with E-state index in [0.29, 0.717) is 0 Å².